The average Bonchev–Trinajstić information content (AvgIpc) is 2.82. The highest BCUT2D eigenvalue weighted by atomic mass is 16.5. The maximum atomic E-state index is 5.14. The van der Waals surface area contributed by atoms with Crippen LogP contribution in [0.3, 0.4) is 0 Å². The molecule has 0 aliphatic rings. The van der Waals surface area contributed by atoms with Crippen LogP contribution in [-0.4, -0.2) is 27.7 Å². The van der Waals surface area contributed by atoms with Crippen LogP contribution in [-0.2, 0) is 13.1 Å². The lowest BCUT2D eigenvalue weighted by Crippen LogP contribution is -2.13. The first-order chi connectivity index (χ1) is 7.88. The molecule has 0 aliphatic heterocycles. The number of aromatic amines is 1. The Hall–Kier alpha value is -1.95. The summed E-state index contributed by atoms with van der Waals surface area (Å²) in [4.78, 5) is 0. The lowest BCUT2D eigenvalue weighted by atomic mass is 10.2. The monoisotopic (exact) mass is 219 g/mol. The zero-order chi connectivity index (χ0) is 11.2. The molecule has 6 heteroatoms. The molecule has 0 saturated carbocycles. The van der Waals surface area contributed by atoms with Gasteiger partial charge in [0, 0.05) is 6.54 Å². The number of nitrogens with zero attached hydrogens (tertiary/aromatic N) is 3. The van der Waals surface area contributed by atoms with Gasteiger partial charge in [-0.25, -0.2) is 0 Å². The molecule has 2 aromatic rings. The first kappa shape index (κ1) is 10.6. The van der Waals surface area contributed by atoms with E-state index >= 15 is 0 Å². The second-order valence-electron chi connectivity index (χ2n) is 3.28. The van der Waals surface area contributed by atoms with Crippen LogP contribution < -0.4 is 10.1 Å². The molecular weight excluding hydrogens is 206 g/mol. The van der Waals surface area contributed by atoms with Crippen LogP contribution in [0.25, 0.3) is 0 Å². The van der Waals surface area contributed by atoms with Gasteiger partial charge in [0.2, 0.25) is 0 Å². The van der Waals surface area contributed by atoms with Crippen LogP contribution in [0.2, 0.25) is 0 Å². The molecule has 0 bridgehead atoms. The molecule has 0 atom stereocenters. The fourth-order valence-corrected chi connectivity index (χ4v) is 1.36. The van der Waals surface area contributed by atoms with Gasteiger partial charge in [0.15, 0.2) is 5.82 Å². The van der Waals surface area contributed by atoms with E-state index in [2.05, 4.69) is 25.9 Å². The van der Waals surface area contributed by atoms with E-state index in [1.165, 1.54) is 0 Å². The van der Waals surface area contributed by atoms with Gasteiger partial charge >= 0.3 is 0 Å². The predicted octanol–water partition coefficient (Wildman–Crippen LogP) is 0.498. The Morgan fingerprint density at radius 2 is 2.31 bits per heavy atom. The molecular formula is C10H13N5O. The maximum Gasteiger partial charge on any atom is 0.188 e. The SMILES string of the molecule is COc1cccc(CNCc2nn[nH]n2)c1. The van der Waals surface area contributed by atoms with Crippen molar-refractivity contribution in [3.63, 3.8) is 0 Å². The number of nitrogens with one attached hydrogen (secondary N) is 2. The van der Waals surface area contributed by atoms with E-state index in [4.69, 9.17) is 4.74 Å². The van der Waals surface area contributed by atoms with Gasteiger partial charge in [-0.1, -0.05) is 17.3 Å². The molecule has 1 aromatic carbocycles. The number of tetrazole rings is 1. The maximum absolute atomic E-state index is 5.14. The number of hydrogen-bond acceptors (Lipinski definition) is 5. The smallest absolute Gasteiger partial charge is 0.188 e. The number of rotatable bonds is 5. The van der Waals surface area contributed by atoms with Gasteiger partial charge in [0.05, 0.1) is 13.7 Å². The third-order valence-electron chi connectivity index (χ3n) is 2.14. The van der Waals surface area contributed by atoms with Crippen LogP contribution in [0.5, 0.6) is 5.75 Å². The lowest BCUT2D eigenvalue weighted by molar-refractivity contribution is 0.414. The molecule has 0 aliphatic carbocycles. The summed E-state index contributed by atoms with van der Waals surface area (Å²) in [5, 5.41) is 16.8. The minimum absolute atomic E-state index is 0.591. The van der Waals surface area contributed by atoms with Crippen molar-refractivity contribution < 1.29 is 4.74 Å². The third kappa shape index (κ3) is 2.77. The second-order valence-corrected chi connectivity index (χ2v) is 3.28. The predicted molar refractivity (Wildman–Crippen MR) is 57.7 cm³/mol. The van der Waals surface area contributed by atoms with Crippen molar-refractivity contribution in [1.82, 2.24) is 25.9 Å². The van der Waals surface area contributed by atoms with Crippen LogP contribution in [0.1, 0.15) is 11.4 Å². The summed E-state index contributed by atoms with van der Waals surface area (Å²) >= 11 is 0. The molecule has 0 unspecified atom stereocenters. The summed E-state index contributed by atoms with van der Waals surface area (Å²) in [5.74, 6) is 1.52. The van der Waals surface area contributed by atoms with E-state index in [1.54, 1.807) is 7.11 Å². The van der Waals surface area contributed by atoms with Crippen LogP contribution in [0, 0.1) is 0 Å². The van der Waals surface area contributed by atoms with E-state index in [1.807, 2.05) is 24.3 Å². The largest absolute Gasteiger partial charge is 0.497 e. The molecule has 2 rings (SSSR count). The van der Waals surface area contributed by atoms with Crippen molar-refractivity contribution in [2.75, 3.05) is 7.11 Å². The van der Waals surface area contributed by atoms with Crippen LogP contribution in [0.4, 0.5) is 0 Å². The first-order valence-electron chi connectivity index (χ1n) is 4.94. The van der Waals surface area contributed by atoms with Crippen molar-refractivity contribution in [3.05, 3.63) is 35.7 Å². The molecule has 2 N–H and O–H groups in total. The minimum atomic E-state index is 0.591. The number of H-pyrrole nitrogens is 1. The number of hydrogen-bond donors (Lipinski definition) is 2. The quantitative estimate of drug-likeness (QED) is 0.765. The lowest BCUT2D eigenvalue weighted by Gasteiger charge is -2.04. The molecule has 0 fully saturated rings. The van der Waals surface area contributed by atoms with Gasteiger partial charge in [0.25, 0.3) is 0 Å². The van der Waals surface area contributed by atoms with Crippen molar-refractivity contribution in [2.24, 2.45) is 0 Å². The van der Waals surface area contributed by atoms with Crippen molar-refractivity contribution in [3.8, 4) is 5.75 Å². The Bertz CT molecular complexity index is 429. The molecule has 84 valence electrons. The van der Waals surface area contributed by atoms with Crippen molar-refractivity contribution >= 4 is 0 Å². The number of aromatic nitrogens is 4. The summed E-state index contributed by atoms with van der Waals surface area (Å²) in [6.07, 6.45) is 0. The van der Waals surface area contributed by atoms with Crippen molar-refractivity contribution in [1.29, 1.82) is 0 Å². The van der Waals surface area contributed by atoms with Crippen LogP contribution in [0.15, 0.2) is 24.3 Å². The van der Waals surface area contributed by atoms with E-state index in [-0.39, 0.29) is 0 Å². The van der Waals surface area contributed by atoms with E-state index < -0.39 is 0 Å². The standard InChI is InChI=1S/C10H13N5O/c1-16-9-4-2-3-8(5-9)6-11-7-10-12-14-15-13-10/h2-5,11H,6-7H2,1H3,(H,12,13,14,15). The molecule has 1 heterocycles. The Kier molecular flexibility index (Phi) is 3.45. The van der Waals surface area contributed by atoms with Gasteiger partial charge in [0.1, 0.15) is 5.75 Å². The third-order valence-corrected chi connectivity index (χ3v) is 2.14. The van der Waals surface area contributed by atoms with Crippen LogP contribution >= 0.6 is 0 Å². The average molecular weight is 219 g/mol. The first-order valence-corrected chi connectivity index (χ1v) is 4.94. The summed E-state index contributed by atoms with van der Waals surface area (Å²) in [7, 11) is 1.66. The second kappa shape index (κ2) is 5.22. The molecule has 1 aromatic heterocycles. The zero-order valence-corrected chi connectivity index (χ0v) is 8.97. The highest BCUT2D eigenvalue weighted by Gasteiger charge is 1.98. The normalized spacial score (nSPS) is 10.3. The Balaban J connectivity index is 1.85. The summed E-state index contributed by atoms with van der Waals surface area (Å²) in [5.41, 5.74) is 1.16. The van der Waals surface area contributed by atoms with E-state index in [0.717, 1.165) is 17.9 Å². The number of methoxy groups -OCH3 is 1. The minimum Gasteiger partial charge on any atom is -0.497 e. The molecule has 6 nitrogen and oxygen atoms in total. The molecule has 0 spiro atoms. The summed E-state index contributed by atoms with van der Waals surface area (Å²) < 4.78 is 5.14. The van der Waals surface area contributed by atoms with Gasteiger partial charge in [-0.15, -0.1) is 10.2 Å². The fraction of sp³-hybridized carbons (Fsp3) is 0.300. The van der Waals surface area contributed by atoms with Gasteiger partial charge in [-0.3, -0.25) is 0 Å². The highest BCUT2D eigenvalue weighted by molar-refractivity contribution is 5.28. The highest BCUT2D eigenvalue weighted by Crippen LogP contribution is 2.12. The molecule has 0 saturated heterocycles. The van der Waals surface area contributed by atoms with E-state index in [9.17, 15) is 0 Å². The Morgan fingerprint density at radius 3 is 3.06 bits per heavy atom. The topological polar surface area (TPSA) is 75.7 Å². The molecule has 0 radical (unpaired) electrons. The summed E-state index contributed by atoms with van der Waals surface area (Å²) in [6, 6.07) is 7.90. The molecule has 0 amide bonds. The Morgan fingerprint density at radius 1 is 1.38 bits per heavy atom. The Labute approximate surface area is 93.0 Å². The van der Waals surface area contributed by atoms with Gasteiger partial charge in [-0.2, -0.15) is 5.21 Å². The van der Waals surface area contributed by atoms with Gasteiger partial charge < -0.3 is 10.1 Å². The number of ether oxygens (including phenoxy) is 1. The van der Waals surface area contributed by atoms with E-state index in [0.29, 0.717) is 12.4 Å². The fourth-order valence-electron chi connectivity index (χ4n) is 1.36. The number of benzene rings is 1. The zero-order valence-electron chi connectivity index (χ0n) is 8.97. The van der Waals surface area contributed by atoms with Gasteiger partial charge in [-0.05, 0) is 17.7 Å². The molecule has 16 heavy (non-hydrogen) atoms. The van der Waals surface area contributed by atoms with Crippen molar-refractivity contribution in [2.45, 2.75) is 13.1 Å². The summed E-state index contributed by atoms with van der Waals surface area (Å²) in [6.45, 7) is 1.33.